The summed E-state index contributed by atoms with van der Waals surface area (Å²) in [4.78, 5) is 17.6. The van der Waals surface area contributed by atoms with E-state index in [2.05, 4.69) is 48.3 Å². The van der Waals surface area contributed by atoms with E-state index in [0.29, 0.717) is 12.6 Å². The molecular weight excluding hydrogens is 374 g/mol. The van der Waals surface area contributed by atoms with Gasteiger partial charge in [0.2, 0.25) is 0 Å². The van der Waals surface area contributed by atoms with Gasteiger partial charge in [-0.3, -0.25) is 0 Å². The maximum atomic E-state index is 13.1. The molecule has 1 aliphatic rings. The Bertz CT molecular complexity index is 806. The number of ether oxygens (including phenoxy) is 1. The number of benzene rings is 2. The van der Waals surface area contributed by atoms with Crippen molar-refractivity contribution in [1.82, 2.24) is 9.80 Å². The number of aryl methyl sites for hydroxylation is 1. The molecule has 0 bridgehead atoms. The Morgan fingerprint density at radius 1 is 1.20 bits per heavy atom. The minimum Gasteiger partial charge on any atom is -0.497 e. The summed E-state index contributed by atoms with van der Waals surface area (Å²) in [6.45, 7) is 7.95. The van der Waals surface area contributed by atoms with Gasteiger partial charge < -0.3 is 19.9 Å². The summed E-state index contributed by atoms with van der Waals surface area (Å²) in [6, 6.07) is 16.5. The summed E-state index contributed by atoms with van der Waals surface area (Å²) < 4.78 is 5.28. The molecule has 5 heteroatoms. The monoisotopic (exact) mass is 409 g/mol. The smallest absolute Gasteiger partial charge is 0.322 e. The van der Waals surface area contributed by atoms with E-state index in [1.54, 1.807) is 7.11 Å². The molecule has 1 heterocycles. The number of amides is 2. The van der Waals surface area contributed by atoms with Crippen LogP contribution in [0.5, 0.6) is 5.75 Å². The van der Waals surface area contributed by atoms with Crippen molar-refractivity contribution in [3.05, 3.63) is 59.7 Å². The summed E-state index contributed by atoms with van der Waals surface area (Å²) in [7, 11) is 1.63. The highest BCUT2D eigenvalue weighted by Crippen LogP contribution is 2.19. The first-order valence-electron chi connectivity index (χ1n) is 11.0. The molecule has 1 N–H and O–H groups in total. The summed E-state index contributed by atoms with van der Waals surface area (Å²) in [5.74, 6) is 0.733. The van der Waals surface area contributed by atoms with E-state index in [0.717, 1.165) is 36.5 Å². The molecule has 1 saturated heterocycles. The molecule has 1 fully saturated rings. The van der Waals surface area contributed by atoms with Crippen LogP contribution >= 0.6 is 0 Å². The molecule has 2 aromatic carbocycles. The molecule has 2 amide bonds. The zero-order chi connectivity index (χ0) is 21.3. The number of carbonyl (C=O) groups is 1. The standard InChI is InChI=1S/C25H35N3O2/c1-20-11-13-22(14-12-20)19-28(17-7-16-27-15-5-4-8-21(27)2)25(29)26-23-9-6-10-24(18-23)30-3/h6,9-14,18,21H,4-5,7-8,15-17,19H2,1-3H3,(H,26,29). The van der Waals surface area contributed by atoms with Crippen molar-refractivity contribution in [2.75, 3.05) is 32.1 Å². The van der Waals surface area contributed by atoms with Gasteiger partial charge in [-0.05, 0) is 57.4 Å². The summed E-state index contributed by atoms with van der Waals surface area (Å²) >= 11 is 0. The first kappa shape index (κ1) is 22.2. The van der Waals surface area contributed by atoms with E-state index in [1.807, 2.05) is 29.2 Å². The summed E-state index contributed by atoms with van der Waals surface area (Å²) in [5, 5.41) is 3.04. The Labute approximate surface area is 181 Å². The van der Waals surface area contributed by atoms with Crippen molar-refractivity contribution in [1.29, 1.82) is 0 Å². The zero-order valence-corrected chi connectivity index (χ0v) is 18.6. The lowest BCUT2D eigenvalue weighted by Gasteiger charge is -2.34. The third kappa shape index (κ3) is 6.49. The predicted molar refractivity (Wildman–Crippen MR) is 123 cm³/mol. The van der Waals surface area contributed by atoms with Crippen molar-refractivity contribution in [3.8, 4) is 5.75 Å². The van der Waals surface area contributed by atoms with Gasteiger partial charge in [-0.25, -0.2) is 4.79 Å². The quantitative estimate of drug-likeness (QED) is 0.643. The first-order chi connectivity index (χ1) is 14.5. The molecule has 3 rings (SSSR count). The Balaban J connectivity index is 1.64. The average Bonchev–Trinajstić information content (AvgIpc) is 2.76. The van der Waals surface area contributed by atoms with Crippen LogP contribution in [0.4, 0.5) is 10.5 Å². The molecule has 2 aromatic rings. The lowest BCUT2D eigenvalue weighted by molar-refractivity contribution is 0.150. The molecule has 0 aliphatic carbocycles. The average molecular weight is 410 g/mol. The molecule has 5 nitrogen and oxygen atoms in total. The van der Waals surface area contributed by atoms with Crippen LogP contribution < -0.4 is 10.1 Å². The van der Waals surface area contributed by atoms with Crippen molar-refractivity contribution in [3.63, 3.8) is 0 Å². The molecule has 30 heavy (non-hydrogen) atoms. The largest absolute Gasteiger partial charge is 0.497 e. The number of likely N-dealkylation sites (tertiary alicyclic amines) is 1. The van der Waals surface area contributed by atoms with Crippen LogP contribution in [0.25, 0.3) is 0 Å². The topological polar surface area (TPSA) is 44.8 Å². The maximum Gasteiger partial charge on any atom is 0.322 e. The maximum absolute atomic E-state index is 13.1. The van der Waals surface area contributed by atoms with Crippen molar-refractivity contribution in [2.45, 2.75) is 52.1 Å². The highest BCUT2D eigenvalue weighted by molar-refractivity contribution is 5.89. The molecule has 0 spiro atoms. The fourth-order valence-electron chi connectivity index (χ4n) is 4.02. The van der Waals surface area contributed by atoms with Crippen LogP contribution in [0.1, 0.15) is 43.7 Å². The van der Waals surface area contributed by atoms with Crippen molar-refractivity contribution >= 4 is 11.7 Å². The van der Waals surface area contributed by atoms with E-state index in [-0.39, 0.29) is 6.03 Å². The van der Waals surface area contributed by atoms with E-state index >= 15 is 0 Å². The van der Waals surface area contributed by atoms with Gasteiger partial charge in [-0.2, -0.15) is 0 Å². The number of hydrogen-bond acceptors (Lipinski definition) is 3. The molecule has 1 atom stereocenters. The van der Waals surface area contributed by atoms with Crippen LogP contribution in [0, 0.1) is 6.92 Å². The van der Waals surface area contributed by atoms with Crippen molar-refractivity contribution in [2.24, 2.45) is 0 Å². The summed E-state index contributed by atoms with van der Waals surface area (Å²) in [5.41, 5.74) is 3.12. The minimum absolute atomic E-state index is 0.0736. The normalized spacial score (nSPS) is 16.8. The molecule has 162 valence electrons. The minimum atomic E-state index is -0.0736. The number of nitrogens with one attached hydrogen (secondary N) is 1. The zero-order valence-electron chi connectivity index (χ0n) is 18.6. The summed E-state index contributed by atoms with van der Waals surface area (Å²) in [6.07, 6.45) is 4.87. The van der Waals surface area contributed by atoms with Crippen LogP contribution in [0.3, 0.4) is 0 Å². The van der Waals surface area contributed by atoms with Gasteiger partial charge in [0.05, 0.1) is 7.11 Å². The van der Waals surface area contributed by atoms with Gasteiger partial charge in [0.1, 0.15) is 5.75 Å². The third-order valence-corrected chi connectivity index (χ3v) is 5.92. The number of carbonyl (C=O) groups excluding carboxylic acids is 1. The highest BCUT2D eigenvalue weighted by atomic mass is 16.5. The lowest BCUT2D eigenvalue weighted by atomic mass is 10.0. The molecule has 0 saturated carbocycles. The fourth-order valence-corrected chi connectivity index (χ4v) is 4.02. The molecule has 1 unspecified atom stereocenters. The van der Waals surface area contributed by atoms with E-state index < -0.39 is 0 Å². The van der Waals surface area contributed by atoms with E-state index in [9.17, 15) is 4.79 Å². The number of methoxy groups -OCH3 is 1. The number of nitrogens with zero attached hydrogens (tertiary/aromatic N) is 2. The van der Waals surface area contributed by atoms with Gasteiger partial charge in [0, 0.05) is 37.4 Å². The van der Waals surface area contributed by atoms with Gasteiger partial charge in [-0.1, -0.05) is 42.3 Å². The van der Waals surface area contributed by atoms with Gasteiger partial charge >= 0.3 is 6.03 Å². The molecule has 0 aromatic heterocycles. The first-order valence-corrected chi connectivity index (χ1v) is 11.0. The lowest BCUT2D eigenvalue weighted by Crippen LogP contribution is -2.40. The number of urea groups is 1. The Morgan fingerprint density at radius 2 is 2.00 bits per heavy atom. The molecule has 0 radical (unpaired) electrons. The Hall–Kier alpha value is -2.53. The third-order valence-electron chi connectivity index (χ3n) is 5.92. The molecule has 1 aliphatic heterocycles. The fraction of sp³-hybridized carbons (Fsp3) is 0.480. The second-order valence-electron chi connectivity index (χ2n) is 8.30. The van der Waals surface area contributed by atoms with Gasteiger partial charge in [0.15, 0.2) is 0 Å². The number of piperidine rings is 1. The predicted octanol–water partition coefficient (Wildman–Crippen LogP) is 5.30. The van der Waals surface area contributed by atoms with Crippen LogP contribution in [-0.4, -0.2) is 48.6 Å². The van der Waals surface area contributed by atoms with Crippen LogP contribution in [0.2, 0.25) is 0 Å². The van der Waals surface area contributed by atoms with E-state index in [1.165, 1.54) is 31.4 Å². The van der Waals surface area contributed by atoms with E-state index in [4.69, 9.17) is 4.74 Å². The molecular formula is C25H35N3O2. The van der Waals surface area contributed by atoms with Gasteiger partial charge in [0.25, 0.3) is 0 Å². The van der Waals surface area contributed by atoms with Gasteiger partial charge in [-0.15, -0.1) is 0 Å². The van der Waals surface area contributed by atoms with Crippen molar-refractivity contribution < 1.29 is 9.53 Å². The second-order valence-corrected chi connectivity index (χ2v) is 8.30. The Kier molecular flexibility index (Phi) is 8.14. The highest BCUT2D eigenvalue weighted by Gasteiger charge is 2.19. The Morgan fingerprint density at radius 3 is 2.73 bits per heavy atom. The van der Waals surface area contributed by atoms with Crippen LogP contribution in [0.15, 0.2) is 48.5 Å². The van der Waals surface area contributed by atoms with Crippen LogP contribution in [-0.2, 0) is 6.54 Å². The SMILES string of the molecule is COc1cccc(NC(=O)N(CCCN2CCCCC2C)Cc2ccc(C)cc2)c1. The number of hydrogen-bond donors (Lipinski definition) is 1. The number of rotatable bonds is 8. The second kappa shape index (κ2) is 11.0. The number of anilines is 1.